The minimum atomic E-state index is -4.40. The van der Waals surface area contributed by atoms with E-state index in [1.165, 1.54) is 6.07 Å². The molecule has 1 amide bonds. The van der Waals surface area contributed by atoms with E-state index in [2.05, 4.69) is 16.8 Å². The summed E-state index contributed by atoms with van der Waals surface area (Å²) in [5, 5.41) is 0. The van der Waals surface area contributed by atoms with Crippen LogP contribution in [0, 0.1) is 17.8 Å². The van der Waals surface area contributed by atoms with Crippen molar-refractivity contribution in [3.05, 3.63) is 53.6 Å². The van der Waals surface area contributed by atoms with Crippen molar-refractivity contribution in [2.45, 2.75) is 19.6 Å². The molecule has 4 rings (SSSR count). The highest BCUT2D eigenvalue weighted by atomic mass is 19.4. The molecule has 1 aromatic heterocycles. The largest absolute Gasteiger partial charge is 0.416 e. The molecule has 2 atom stereocenters. The van der Waals surface area contributed by atoms with E-state index in [0.717, 1.165) is 31.8 Å². The van der Waals surface area contributed by atoms with Gasteiger partial charge in [-0.3, -0.25) is 4.79 Å². The highest BCUT2D eigenvalue weighted by Crippen LogP contribution is 2.52. The van der Waals surface area contributed by atoms with Gasteiger partial charge in [-0.2, -0.15) is 13.2 Å². The molecule has 0 N–H and O–H groups in total. The van der Waals surface area contributed by atoms with Crippen LogP contribution in [0.5, 0.6) is 0 Å². The summed E-state index contributed by atoms with van der Waals surface area (Å²) in [5.41, 5.74) is 0.104. The summed E-state index contributed by atoms with van der Waals surface area (Å²) in [5.74, 6) is 1.34. The molecule has 2 aromatic rings. The maximum Gasteiger partial charge on any atom is 0.416 e. The number of aryl methyl sites for hydroxylation is 1. The number of halogens is 3. The molecule has 0 radical (unpaired) electrons. The molecule has 1 saturated carbocycles. The van der Waals surface area contributed by atoms with Gasteiger partial charge in [-0.05, 0) is 42.0 Å². The van der Waals surface area contributed by atoms with Crippen LogP contribution in [0.15, 0.2) is 36.8 Å². The molecule has 156 valence electrons. The fourth-order valence-electron chi connectivity index (χ4n) is 4.49. The van der Waals surface area contributed by atoms with Crippen molar-refractivity contribution in [2.75, 3.05) is 26.2 Å². The zero-order valence-corrected chi connectivity index (χ0v) is 16.6. The number of piperidine rings is 1. The van der Waals surface area contributed by atoms with E-state index in [0.29, 0.717) is 35.6 Å². The van der Waals surface area contributed by atoms with E-state index in [-0.39, 0.29) is 12.5 Å². The Morgan fingerprint density at radius 1 is 1.28 bits per heavy atom. The molecule has 1 aliphatic heterocycles. The summed E-state index contributed by atoms with van der Waals surface area (Å²) in [6, 6.07) is 5.22. The Hall–Kier alpha value is -2.35. The second-order valence-electron chi connectivity index (χ2n) is 8.15. The molecule has 2 aliphatic rings. The van der Waals surface area contributed by atoms with Gasteiger partial charge in [0.1, 0.15) is 5.69 Å². The lowest BCUT2D eigenvalue weighted by Gasteiger charge is -2.25. The van der Waals surface area contributed by atoms with Gasteiger partial charge in [0.05, 0.1) is 11.9 Å². The Kier molecular flexibility index (Phi) is 5.14. The van der Waals surface area contributed by atoms with Crippen molar-refractivity contribution >= 4 is 5.91 Å². The number of fused-ring (bicyclic) bond motifs is 1. The SMILES string of the molecule is CCN1CC2C(C1)C2CN(Cc1cccc(C(F)(F)F)c1)C(=O)c1cn(C)cn1. The van der Waals surface area contributed by atoms with Crippen LogP contribution >= 0.6 is 0 Å². The predicted molar refractivity (Wildman–Crippen MR) is 102 cm³/mol. The van der Waals surface area contributed by atoms with E-state index in [1.807, 2.05) is 0 Å². The summed E-state index contributed by atoms with van der Waals surface area (Å²) < 4.78 is 40.9. The first-order valence-corrected chi connectivity index (χ1v) is 9.92. The summed E-state index contributed by atoms with van der Waals surface area (Å²) >= 11 is 0. The second kappa shape index (κ2) is 7.48. The van der Waals surface area contributed by atoms with Crippen LogP contribution in [0.2, 0.25) is 0 Å². The number of amides is 1. The van der Waals surface area contributed by atoms with Crippen molar-refractivity contribution in [3.63, 3.8) is 0 Å². The van der Waals surface area contributed by atoms with E-state index < -0.39 is 11.7 Å². The van der Waals surface area contributed by atoms with Gasteiger partial charge in [-0.15, -0.1) is 0 Å². The van der Waals surface area contributed by atoms with Crippen LogP contribution in [0.1, 0.15) is 28.5 Å². The summed E-state index contributed by atoms with van der Waals surface area (Å²) in [6.07, 6.45) is -1.20. The highest BCUT2D eigenvalue weighted by Gasteiger charge is 2.55. The van der Waals surface area contributed by atoms with Crippen LogP contribution < -0.4 is 0 Å². The van der Waals surface area contributed by atoms with Crippen molar-refractivity contribution in [2.24, 2.45) is 24.8 Å². The molecule has 2 heterocycles. The highest BCUT2D eigenvalue weighted by molar-refractivity contribution is 5.92. The van der Waals surface area contributed by atoms with E-state index >= 15 is 0 Å². The number of alkyl halides is 3. The van der Waals surface area contributed by atoms with Crippen LogP contribution in [0.3, 0.4) is 0 Å². The molecule has 8 heteroatoms. The topological polar surface area (TPSA) is 41.4 Å². The molecular formula is C21H25F3N4O. The van der Waals surface area contributed by atoms with Crippen LogP contribution in [-0.4, -0.2) is 51.4 Å². The van der Waals surface area contributed by atoms with Crippen molar-refractivity contribution in [3.8, 4) is 0 Å². The average molecular weight is 406 g/mol. The minimum Gasteiger partial charge on any atom is -0.340 e. The van der Waals surface area contributed by atoms with Crippen molar-refractivity contribution < 1.29 is 18.0 Å². The van der Waals surface area contributed by atoms with Gasteiger partial charge in [0.15, 0.2) is 0 Å². The molecule has 1 aliphatic carbocycles. The molecule has 1 saturated heterocycles. The number of rotatable bonds is 6. The van der Waals surface area contributed by atoms with Gasteiger partial charge in [-0.1, -0.05) is 19.1 Å². The Balaban J connectivity index is 1.52. The van der Waals surface area contributed by atoms with Gasteiger partial charge in [-0.25, -0.2) is 4.98 Å². The fourth-order valence-corrected chi connectivity index (χ4v) is 4.49. The number of hydrogen-bond donors (Lipinski definition) is 0. The number of nitrogens with zero attached hydrogens (tertiary/aromatic N) is 4. The number of likely N-dealkylation sites (tertiary alicyclic amines) is 1. The molecule has 0 spiro atoms. The summed E-state index contributed by atoms with van der Waals surface area (Å²) in [4.78, 5) is 21.3. The maximum atomic E-state index is 13.1. The molecule has 2 unspecified atom stereocenters. The summed E-state index contributed by atoms with van der Waals surface area (Å²) in [6.45, 7) is 5.96. The van der Waals surface area contributed by atoms with Gasteiger partial charge >= 0.3 is 6.18 Å². The monoisotopic (exact) mass is 406 g/mol. The quantitative estimate of drug-likeness (QED) is 0.739. The average Bonchev–Trinajstić information content (AvgIpc) is 3.04. The smallest absolute Gasteiger partial charge is 0.340 e. The van der Waals surface area contributed by atoms with E-state index in [9.17, 15) is 18.0 Å². The Bertz CT molecular complexity index is 882. The van der Waals surface area contributed by atoms with Gasteiger partial charge in [0.25, 0.3) is 5.91 Å². The lowest BCUT2D eigenvalue weighted by atomic mass is 10.1. The molecule has 1 aromatic carbocycles. The fraction of sp³-hybridized carbons (Fsp3) is 0.524. The first kappa shape index (κ1) is 19.9. The third kappa shape index (κ3) is 4.17. The first-order valence-electron chi connectivity index (χ1n) is 9.92. The Labute approximate surface area is 168 Å². The number of aromatic nitrogens is 2. The molecular weight excluding hydrogens is 381 g/mol. The van der Waals surface area contributed by atoms with Crippen molar-refractivity contribution in [1.82, 2.24) is 19.4 Å². The van der Waals surface area contributed by atoms with Gasteiger partial charge in [0, 0.05) is 39.4 Å². The third-order valence-corrected chi connectivity index (χ3v) is 6.16. The molecule has 29 heavy (non-hydrogen) atoms. The second-order valence-corrected chi connectivity index (χ2v) is 8.15. The number of carbonyl (C=O) groups excluding carboxylic acids is 1. The number of imidazole rings is 1. The minimum absolute atomic E-state index is 0.146. The first-order chi connectivity index (χ1) is 13.8. The number of benzene rings is 1. The standard InChI is InChI=1S/C21H25F3N4O/c1-3-27-9-16-17(10-27)18(16)11-28(20(29)19-12-26(2)13-25-19)8-14-5-4-6-15(7-14)21(22,23)24/h4-7,12-13,16-18H,3,8-11H2,1-2H3. The Morgan fingerprint density at radius 3 is 2.59 bits per heavy atom. The number of carbonyl (C=O) groups is 1. The third-order valence-electron chi connectivity index (χ3n) is 6.16. The van der Waals surface area contributed by atoms with Crippen LogP contribution in [0.4, 0.5) is 13.2 Å². The molecule has 5 nitrogen and oxygen atoms in total. The number of hydrogen-bond acceptors (Lipinski definition) is 3. The van der Waals surface area contributed by atoms with Crippen LogP contribution in [0.25, 0.3) is 0 Å². The lowest BCUT2D eigenvalue weighted by molar-refractivity contribution is -0.137. The van der Waals surface area contributed by atoms with Crippen LogP contribution in [-0.2, 0) is 19.8 Å². The zero-order valence-electron chi connectivity index (χ0n) is 16.6. The maximum absolute atomic E-state index is 13.1. The predicted octanol–water partition coefficient (Wildman–Crippen LogP) is 3.28. The van der Waals surface area contributed by atoms with Gasteiger partial charge < -0.3 is 14.4 Å². The molecule has 0 bridgehead atoms. The Morgan fingerprint density at radius 2 is 2.00 bits per heavy atom. The zero-order chi connectivity index (χ0) is 20.8. The molecule has 2 fully saturated rings. The normalized spacial score (nSPS) is 23.8. The summed E-state index contributed by atoms with van der Waals surface area (Å²) in [7, 11) is 1.78. The van der Waals surface area contributed by atoms with E-state index in [1.54, 1.807) is 35.1 Å². The van der Waals surface area contributed by atoms with Gasteiger partial charge in [0.2, 0.25) is 0 Å². The van der Waals surface area contributed by atoms with Crippen molar-refractivity contribution in [1.29, 1.82) is 0 Å². The lowest BCUT2D eigenvalue weighted by Crippen LogP contribution is -2.35. The van der Waals surface area contributed by atoms with E-state index in [4.69, 9.17) is 0 Å².